The van der Waals surface area contributed by atoms with Crippen molar-refractivity contribution in [2.75, 3.05) is 40.9 Å². The van der Waals surface area contributed by atoms with Crippen LogP contribution in [0.3, 0.4) is 0 Å². The smallest absolute Gasteiger partial charge is 0.456 e. The molecule has 10 heteroatoms. The van der Waals surface area contributed by atoms with Gasteiger partial charge in [-0.05, 0) is 89.5 Å². The fraction of sp³-hybridized carbons (Fsp3) is 0.865. The minimum Gasteiger partial charge on any atom is -0.456 e. The Morgan fingerprint density at radius 1 is 0.417 bits per heavy atom. The van der Waals surface area contributed by atoms with Gasteiger partial charge in [0.15, 0.2) is 0 Å². The molecule has 3 atom stereocenters. The summed E-state index contributed by atoms with van der Waals surface area (Å²) in [5.41, 5.74) is 0. The number of quaternary nitrogens is 1. The normalized spacial score (nSPS) is 13.8. The molecule has 0 rings (SSSR count). The van der Waals surface area contributed by atoms with Gasteiger partial charge in [-0.1, -0.05) is 307 Å². The molecule has 1 amide bonds. The van der Waals surface area contributed by atoms with Gasteiger partial charge in [0.1, 0.15) is 19.3 Å². The van der Waals surface area contributed by atoms with E-state index in [1.807, 2.05) is 33.3 Å². The molecule has 84 heavy (non-hydrogen) atoms. The molecule has 494 valence electrons. The third kappa shape index (κ3) is 64.4. The van der Waals surface area contributed by atoms with Crippen LogP contribution in [-0.4, -0.2) is 74.3 Å². The van der Waals surface area contributed by atoms with Crippen molar-refractivity contribution in [2.24, 2.45) is 0 Å². The number of unbranched alkanes of at least 4 members (excludes halogenated alkanes) is 45. The number of nitrogens with one attached hydrogen (secondary N) is 1. The van der Waals surface area contributed by atoms with E-state index in [0.29, 0.717) is 23.9 Å². The van der Waals surface area contributed by atoms with Crippen LogP contribution in [0.15, 0.2) is 48.6 Å². The van der Waals surface area contributed by atoms with Crippen LogP contribution in [0.4, 0.5) is 0 Å². The second kappa shape index (κ2) is 64.0. The molecule has 0 saturated carbocycles. The van der Waals surface area contributed by atoms with Gasteiger partial charge in [0, 0.05) is 12.8 Å². The van der Waals surface area contributed by atoms with Crippen molar-refractivity contribution in [3.63, 3.8) is 0 Å². The Labute approximate surface area is 522 Å². The van der Waals surface area contributed by atoms with Crippen LogP contribution in [0, 0.1) is 0 Å². The van der Waals surface area contributed by atoms with Crippen molar-refractivity contribution in [2.45, 2.75) is 373 Å². The summed E-state index contributed by atoms with van der Waals surface area (Å²) in [6.45, 7) is 7.04. The number of esters is 1. The zero-order valence-corrected chi connectivity index (χ0v) is 57.6. The Morgan fingerprint density at radius 2 is 0.726 bits per heavy atom. The van der Waals surface area contributed by atoms with Crippen molar-refractivity contribution in [1.82, 2.24) is 5.32 Å². The zero-order valence-electron chi connectivity index (χ0n) is 56.7. The molecular formula is C74H142N2O7P+. The van der Waals surface area contributed by atoms with E-state index in [9.17, 15) is 19.0 Å². The fourth-order valence-corrected chi connectivity index (χ4v) is 11.6. The SMILES string of the molecule is CCCCC/C=C\C/C=C\CCCCCCCCCCCCCCCCCC(=O)OC(/C=C/CCCCCCCCCCCC)C(COP(=O)(O)OCC[N+](C)(C)C)NC(=O)CCCCCCCCCCCCC/C=C/CCCCCCCC. The first kappa shape index (κ1) is 82.0. The van der Waals surface area contributed by atoms with E-state index in [1.165, 1.54) is 263 Å². The van der Waals surface area contributed by atoms with Gasteiger partial charge in [-0.15, -0.1) is 0 Å². The Balaban J connectivity index is 5.01. The van der Waals surface area contributed by atoms with Crippen LogP contribution in [0.25, 0.3) is 0 Å². The predicted octanol–water partition coefficient (Wildman–Crippen LogP) is 23.2. The largest absolute Gasteiger partial charge is 0.472 e. The quantitative estimate of drug-likeness (QED) is 0.0205. The Kier molecular flexibility index (Phi) is 62.4. The summed E-state index contributed by atoms with van der Waals surface area (Å²) in [6, 6.07) is -0.848. The van der Waals surface area contributed by atoms with Gasteiger partial charge in [0.05, 0.1) is 33.8 Å². The molecule has 2 N–H and O–H groups in total. The van der Waals surface area contributed by atoms with Crippen LogP contribution in [-0.2, 0) is 27.9 Å². The lowest BCUT2D eigenvalue weighted by atomic mass is 10.0. The molecule has 0 heterocycles. The maximum absolute atomic E-state index is 13.6. The van der Waals surface area contributed by atoms with Crippen molar-refractivity contribution >= 4 is 19.7 Å². The Bertz CT molecular complexity index is 1570. The molecule has 0 aliphatic heterocycles. The average Bonchev–Trinajstić information content (AvgIpc) is 3.64. The molecule has 0 spiro atoms. The van der Waals surface area contributed by atoms with E-state index in [-0.39, 0.29) is 25.1 Å². The number of likely N-dealkylation sites (N-methyl/N-ethyl adjacent to an activating group) is 1. The standard InChI is InChI=1S/C74H141N2O7P/c1-7-10-13-16-19-22-25-28-30-32-34-36-37-38-39-41-43-45-47-49-52-55-58-61-64-67-74(78)83-72(65-62-59-56-53-50-27-24-21-18-15-12-9-3)71(70-82-84(79,80)81-69-68-76(4,5)6)75-73(77)66-63-60-57-54-51-48-46-44-42-40-35-33-31-29-26-23-20-17-14-11-8-2/h19,22,28-31,62,65,71-72H,7-18,20-21,23-27,32-61,63-64,66-70H2,1-6H3,(H-,75,77,79,80)/p+1/b22-19-,30-28-,31-29+,65-62+. The number of phosphoric ester groups is 1. The lowest BCUT2D eigenvalue weighted by molar-refractivity contribution is -0.870. The minimum absolute atomic E-state index is 0.0418. The maximum atomic E-state index is 13.6. The van der Waals surface area contributed by atoms with Crippen LogP contribution in [0.2, 0.25) is 0 Å². The van der Waals surface area contributed by atoms with Gasteiger partial charge in [-0.2, -0.15) is 0 Å². The van der Waals surface area contributed by atoms with E-state index >= 15 is 0 Å². The number of carbonyl (C=O) groups is 2. The van der Waals surface area contributed by atoms with Crippen molar-refractivity contribution < 1.29 is 37.3 Å². The number of nitrogens with zero attached hydrogens (tertiary/aromatic N) is 1. The molecule has 0 aromatic carbocycles. The third-order valence-corrected chi connectivity index (χ3v) is 17.5. The molecule has 9 nitrogen and oxygen atoms in total. The van der Waals surface area contributed by atoms with Gasteiger partial charge < -0.3 is 19.4 Å². The summed E-state index contributed by atoms with van der Waals surface area (Å²) in [6.07, 6.45) is 81.2. The van der Waals surface area contributed by atoms with Gasteiger partial charge in [0.2, 0.25) is 5.91 Å². The van der Waals surface area contributed by atoms with Crippen molar-refractivity contribution in [3.8, 4) is 0 Å². The summed E-state index contributed by atoms with van der Waals surface area (Å²) in [4.78, 5) is 37.9. The van der Waals surface area contributed by atoms with Crippen LogP contribution in [0.1, 0.15) is 361 Å². The van der Waals surface area contributed by atoms with E-state index in [4.69, 9.17) is 13.8 Å². The highest BCUT2D eigenvalue weighted by molar-refractivity contribution is 7.47. The van der Waals surface area contributed by atoms with Crippen LogP contribution in [0.5, 0.6) is 0 Å². The Hall–Kier alpha value is -2.03. The summed E-state index contributed by atoms with van der Waals surface area (Å²) >= 11 is 0. The molecule has 0 aromatic heterocycles. The summed E-state index contributed by atoms with van der Waals surface area (Å²) in [5.74, 6) is -0.489. The fourth-order valence-electron chi connectivity index (χ4n) is 10.9. The Morgan fingerprint density at radius 3 is 1.11 bits per heavy atom. The van der Waals surface area contributed by atoms with E-state index in [0.717, 1.165) is 64.2 Å². The van der Waals surface area contributed by atoms with E-state index in [1.54, 1.807) is 0 Å². The first-order valence-electron chi connectivity index (χ1n) is 36.5. The highest BCUT2D eigenvalue weighted by Gasteiger charge is 2.30. The average molecular weight is 1200 g/mol. The molecule has 0 radical (unpaired) electrons. The third-order valence-electron chi connectivity index (χ3n) is 16.5. The number of allylic oxidation sites excluding steroid dienone is 7. The topological polar surface area (TPSA) is 111 Å². The second-order valence-corrected chi connectivity index (χ2v) is 27.6. The van der Waals surface area contributed by atoms with Crippen molar-refractivity contribution in [1.29, 1.82) is 0 Å². The molecular weight excluding hydrogens is 1060 g/mol. The van der Waals surface area contributed by atoms with Crippen LogP contribution >= 0.6 is 7.82 Å². The number of hydrogen-bond donors (Lipinski definition) is 2. The highest BCUT2D eigenvalue weighted by Crippen LogP contribution is 2.43. The van der Waals surface area contributed by atoms with E-state index in [2.05, 4.69) is 62.5 Å². The molecule has 0 aliphatic rings. The zero-order chi connectivity index (χ0) is 61.4. The number of carbonyl (C=O) groups excluding carboxylic acids is 2. The number of rotatable bonds is 67. The number of ether oxygens (including phenoxy) is 1. The molecule has 0 aromatic rings. The van der Waals surface area contributed by atoms with Crippen molar-refractivity contribution in [3.05, 3.63) is 48.6 Å². The monoisotopic (exact) mass is 1200 g/mol. The first-order valence-corrected chi connectivity index (χ1v) is 38.0. The summed E-state index contributed by atoms with van der Waals surface area (Å²) in [5, 5.41) is 3.08. The lowest BCUT2D eigenvalue weighted by Crippen LogP contribution is -2.47. The molecule has 0 bridgehead atoms. The van der Waals surface area contributed by atoms with Crippen LogP contribution < -0.4 is 5.32 Å². The first-order chi connectivity index (χ1) is 40.9. The number of amides is 1. The molecule has 3 unspecified atom stereocenters. The van der Waals surface area contributed by atoms with E-state index < -0.39 is 20.0 Å². The second-order valence-electron chi connectivity index (χ2n) is 26.1. The summed E-state index contributed by atoms with van der Waals surface area (Å²) in [7, 11) is 1.51. The van der Waals surface area contributed by atoms with Gasteiger partial charge in [0.25, 0.3) is 0 Å². The highest BCUT2D eigenvalue weighted by atomic mass is 31.2. The van der Waals surface area contributed by atoms with Gasteiger partial charge in [-0.25, -0.2) is 4.57 Å². The van der Waals surface area contributed by atoms with Gasteiger partial charge in [-0.3, -0.25) is 18.6 Å². The molecule has 0 fully saturated rings. The molecule has 0 saturated heterocycles. The predicted molar refractivity (Wildman–Crippen MR) is 365 cm³/mol. The van der Waals surface area contributed by atoms with Gasteiger partial charge >= 0.3 is 13.8 Å². The maximum Gasteiger partial charge on any atom is 0.472 e. The minimum atomic E-state index is -4.45. The number of hydrogen-bond acceptors (Lipinski definition) is 6. The lowest BCUT2D eigenvalue weighted by Gasteiger charge is -2.27. The number of phosphoric acid groups is 1. The molecule has 0 aliphatic carbocycles. The summed E-state index contributed by atoms with van der Waals surface area (Å²) < 4.78 is 30.9.